The SMILES string of the molecule is CC(=O)Nc1nc(CCc2ccc(CN=CNC(=O)O)cc2)c(-c2ccc(S(C)(=O)=O)cc2)s1. The number of carboxylic acid groups (broad SMARTS) is 1. The Hall–Kier alpha value is -3.57. The first-order chi connectivity index (χ1) is 16.1. The van der Waals surface area contributed by atoms with Crippen molar-refractivity contribution in [3.8, 4) is 10.4 Å². The molecule has 3 rings (SSSR count). The number of aromatic nitrogens is 1. The number of nitrogens with one attached hydrogen (secondary N) is 2. The summed E-state index contributed by atoms with van der Waals surface area (Å²) < 4.78 is 23.5. The summed E-state index contributed by atoms with van der Waals surface area (Å²) in [6.07, 6.45) is 2.49. The van der Waals surface area contributed by atoms with E-state index in [1.165, 1.54) is 24.5 Å². The number of carbonyl (C=O) groups is 2. The van der Waals surface area contributed by atoms with Crippen LogP contribution < -0.4 is 10.6 Å². The Morgan fingerprint density at radius 1 is 1.06 bits per heavy atom. The van der Waals surface area contributed by atoms with Crippen LogP contribution in [0.2, 0.25) is 0 Å². The highest BCUT2D eigenvalue weighted by molar-refractivity contribution is 7.90. The van der Waals surface area contributed by atoms with E-state index in [0.29, 0.717) is 24.5 Å². The molecule has 0 radical (unpaired) electrons. The van der Waals surface area contributed by atoms with E-state index in [9.17, 15) is 18.0 Å². The number of thiazole rings is 1. The van der Waals surface area contributed by atoms with Gasteiger partial charge in [0.25, 0.3) is 0 Å². The fourth-order valence-corrected chi connectivity index (χ4v) is 4.82. The number of nitrogens with zero attached hydrogens (tertiary/aromatic N) is 2. The van der Waals surface area contributed by atoms with Gasteiger partial charge in [-0.2, -0.15) is 0 Å². The lowest BCUT2D eigenvalue weighted by molar-refractivity contribution is -0.114. The van der Waals surface area contributed by atoms with Gasteiger partial charge in [0.1, 0.15) is 0 Å². The first-order valence-electron chi connectivity index (χ1n) is 10.2. The second-order valence-electron chi connectivity index (χ2n) is 7.51. The van der Waals surface area contributed by atoms with E-state index >= 15 is 0 Å². The van der Waals surface area contributed by atoms with E-state index in [2.05, 4.69) is 20.6 Å². The molecule has 34 heavy (non-hydrogen) atoms. The van der Waals surface area contributed by atoms with Gasteiger partial charge in [0.15, 0.2) is 15.0 Å². The molecule has 0 aliphatic rings. The van der Waals surface area contributed by atoms with Crippen molar-refractivity contribution in [2.75, 3.05) is 11.6 Å². The van der Waals surface area contributed by atoms with Crippen LogP contribution in [-0.2, 0) is 34.0 Å². The molecule has 2 amide bonds. The van der Waals surface area contributed by atoms with Crippen LogP contribution >= 0.6 is 11.3 Å². The van der Waals surface area contributed by atoms with Gasteiger partial charge in [-0.3, -0.25) is 15.1 Å². The van der Waals surface area contributed by atoms with Crippen LogP contribution in [0, 0.1) is 0 Å². The van der Waals surface area contributed by atoms with Gasteiger partial charge >= 0.3 is 6.09 Å². The second kappa shape index (κ2) is 11.0. The molecule has 9 nitrogen and oxygen atoms in total. The normalized spacial score (nSPS) is 11.5. The molecule has 1 heterocycles. The first-order valence-corrected chi connectivity index (χ1v) is 13.0. The van der Waals surface area contributed by atoms with Gasteiger partial charge in [0, 0.05) is 13.2 Å². The zero-order valence-corrected chi connectivity index (χ0v) is 20.2. The molecule has 0 aliphatic carbocycles. The molecule has 11 heteroatoms. The number of amides is 2. The molecule has 3 N–H and O–H groups in total. The number of benzene rings is 2. The third-order valence-corrected chi connectivity index (χ3v) is 6.94. The zero-order chi connectivity index (χ0) is 24.7. The Labute approximate surface area is 201 Å². The maximum absolute atomic E-state index is 11.8. The molecule has 1 aromatic heterocycles. The highest BCUT2D eigenvalue weighted by Crippen LogP contribution is 2.34. The van der Waals surface area contributed by atoms with Gasteiger partial charge in [-0.1, -0.05) is 47.7 Å². The number of sulfone groups is 1. The summed E-state index contributed by atoms with van der Waals surface area (Å²) >= 11 is 1.35. The van der Waals surface area contributed by atoms with Crippen molar-refractivity contribution in [3.63, 3.8) is 0 Å². The second-order valence-corrected chi connectivity index (χ2v) is 10.5. The van der Waals surface area contributed by atoms with Crippen LogP contribution in [0.3, 0.4) is 0 Å². The Morgan fingerprint density at radius 3 is 2.29 bits per heavy atom. The molecule has 2 aromatic carbocycles. The molecule has 0 spiro atoms. The molecule has 0 saturated heterocycles. The topological polar surface area (TPSA) is 138 Å². The van der Waals surface area contributed by atoms with E-state index in [1.807, 2.05) is 24.3 Å². The third-order valence-electron chi connectivity index (χ3n) is 4.75. The highest BCUT2D eigenvalue weighted by atomic mass is 32.2. The number of hydrogen-bond acceptors (Lipinski definition) is 7. The van der Waals surface area contributed by atoms with Crippen molar-refractivity contribution in [2.24, 2.45) is 4.99 Å². The maximum Gasteiger partial charge on any atom is 0.409 e. The molecule has 178 valence electrons. The maximum atomic E-state index is 11.8. The van der Waals surface area contributed by atoms with Crippen LogP contribution in [-0.4, -0.2) is 43.1 Å². The summed E-state index contributed by atoms with van der Waals surface area (Å²) in [6.45, 7) is 1.78. The van der Waals surface area contributed by atoms with E-state index in [0.717, 1.165) is 33.6 Å². The van der Waals surface area contributed by atoms with Crippen LogP contribution in [0.25, 0.3) is 10.4 Å². The molecular weight excluding hydrogens is 476 g/mol. The zero-order valence-electron chi connectivity index (χ0n) is 18.6. The number of anilines is 1. The summed E-state index contributed by atoms with van der Waals surface area (Å²) in [4.78, 5) is 31.6. The average Bonchev–Trinajstić information content (AvgIpc) is 3.17. The largest absolute Gasteiger partial charge is 0.465 e. The Bertz CT molecular complexity index is 1300. The summed E-state index contributed by atoms with van der Waals surface area (Å²) in [5, 5.41) is 13.8. The van der Waals surface area contributed by atoms with Crippen molar-refractivity contribution in [3.05, 3.63) is 65.4 Å². The third kappa shape index (κ3) is 7.22. The van der Waals surface area contributed by atoms with Gasteiger partial charge in [-0.05, 0) is 41.7 Å². The first kappa shape index (κ1) is 25.1. The van der Waals surface area contributed by atoms with Gasteiger partial charge < -0.3 is 10.4 Å². The molecule has 0 fully saturated rings. The molecule has 0 aliphatic heterocycles. The molecule has 3 aromatic rings. The fourth-order valence-electron chi connectivity index (χ4n) is 3.13. The van der Waals surface area contributed by atoms with E-state index in [4.69, 9.17) is 5.11 Å². The van der Waals surface area contributed by atoms with Gasteiger partial charge in [-0.15, -0.1) is 0 Å². The quantitative estimate of drug-likeness (QED) is 0.302. The van der Waals surface area contributed by atoms with E-state index in [1.54, 1.807) is 24.3 Å². The van der Waals surface area contributed by atoms with Crippen molar-refractivity contribution >= 4 is 44.6 Å². The van der Waals surface area contributed by atoms with Crippen LogP contribution in [0.15, 0.2) is 58.4 Å². The molecule has 0 saturated carbocycles. The Balaban J connectivity index is 1.74. The van der Waals surface area contributed by atoms with E-state index in [-0.39, 0.29) is 10.8 Å². The number of aryl methyl sites for hydroxylation is 2. The lowest BCUT2D eigenvalue weighted by atomic mass is 10.0. The Morgan fingerprint density at radius 2 is 1.71 bits per heavy atom. The number of carbonyl (C=O) groups excluding carboxylic acids is 1. The lowest BCUT2D eigenvalue weighted by Gasteiger charge is -2.05. The van der Waals surface area contributed by atoms with Gasteiger partial charge in [0.2, 0.25) is 5.91 Å². The highest BCUT2D eigenvalue weighted by Gasteiger charge is 2.15. The Kier molecular flexibility index (Phi) is 8.13. The smallest absolute Gasteiger partial charge is 0.409 e. The van der Waals surface area contributed by atoms with Crippen molar-refractivity contribution in [2.45, 2.75) is 31.2 Å². The summed E-state index contributed by atoms with van der Waals surface area (Å²) in [6, 6.07) is 14.5. The van der Waals surface area contributed by atoms with E-state index < -0.39 is 15.9 Å². The molecular formula is C23H24N4O5S2. The monoisotopic (exact) mass is 500 g/mol. The number of rotatable bonds is 9. The summed E-state index contributed by atoms with van der Waals surface area (Å²) in [5.41, 5.74) is 3.68. The summed E-state index contributed by atoms with van der Waals surface area (Å²) in [5.74, 6) is -0.212. The molecule has 0 unspecified atom stereocenters. The van der Waals surface area contributed by atoms with Crippen molar-refractivity contribution in [1.82, 2.24) is 10.3 Å². The van der Waals surface area contributed by atoms with Crippen LogP contribution in [0.5, 0.6) is 0 Å². The van der Waals surface area contributed by atoms with Gasteiger partial charge in [0.05, 0.1) is 28.3 Å². The van der Waals surface area contributed by atoms with Crippen molar-refractivity contribution < 1.29 is 23.1 Å². The van der Waals surface area contributed by atoms with Crippen LogP contribution in [0.1, 0.15) is 23.7 Å². The fraction of sp³-hybridized carbons (Fsp3) is 0.217. The number of aliphatic imine (C=N–C) groups is 1. The minimum absolute atomic E-state index is 0.212. The number of hydrogen-bond donors (Lipinski definition) is 3. The lowest BCUT2D eigenvalue weighted by Crippen LogP contribution is -2.18. The predicted octanol–water partition coefficient (Wildman–Crippen LogP) is 3.75. The average molecular weight is 501 g/mol. The predicted molar refractivity (Wildman–Crippen MR) is 132 cm³/mol. The summed E-state index contributed by atoms with van der Waals surface area (Å²) in [7, 11) is -3.29. The molecule has 0 atom stereocenters. The standard InChI is InChI=1S/C23H24N4O5S2/c1-15(28)26-22-27-20(21(33-22)18-8-10-19(11-9-18)34(2,31)32)12-7-16-3-5-17(6-4-16)13-24-14-25-23(29)30/h3-6,8-11,14H,7,12-13H2,1-2H3,(H,24,25)(H,29,30)(H,26,27,28). The van der Waals surface area contributed by atoms with Crippen LogP contribution in [0.4, 0.5) is 9.93 Å². The minimum atomic E-state index is -3.29. The minimum Gasteiger partial charge on any atom is -0.465 e. The van der Waals surface area contributed by atoms with Gasteiger partial charge in [-0.25, -0.2) is 18.2 Å². The molecule has 0 bridgehead atoms. The van der Waals surface area contributed by atoms with Crippen molar-refractivity contribution in [1.29, 1.82) is 0 Å².